The minimum Gasteiger partial charge on any atom is -0.393 e. The van der Waals surface area contributed by atoms with Crippen LogP contribution in [0.1, 0.15) is 0 Å². The third kappa shape index (κ3) is 11.0. The molecule has 0 bridgehead atoms. The third-order valence-electron chi connectivity index (χ3n) is 1.46. The van der Waals surface area contributed by atoms with Crippen LogP contribution in [0.3, 0.4) is 0 Å². The molecule has 0 saturated heterocycles. The Hall–Kier alpha value is -1.05. The molecule has 0 aliphatic carbocycles. The molecule has 0 aliphatic rings. The zero-order valence-electron chi connectivity index (χ0n) is 8.96. The van der Waals surface area contributed by atoms with Crippen molar-refractivity contribution in [2.45, 2.75) is 12.4 Å². The predicted octanol–water partition coefficient (Wildman–Crippen LogP) is -0.143. The lowest BCUT2D eigenvalue weighted by Gasteiger charge is -2.13. The Bertz CT molecular complexity index is 210. The summed E-state index contributed by atoms with van der Waals surface area (Å²) in [4.78, 5) is 0. The molecule has 0 aromatic heterocycles. The van der Waals surface area contributed by atoms with Crippen molar-refractivity contribution in [3.8, 4) is 0 Å². The second kappa shape index (κ2) is 13.9. The summed E-state index contributed by atoms with van der Waals surface area (Å²) in [6, 6.07) is 0. The number of nitrogens with one attached hydrogen (secondary N) is 1. The highest BCUT2D eigenvalue weighted by atomic mass is 19.1. The summed E-state index contributed by atoms with van der Waals surface area (Å²) in [5, 5.41) is 26.4. The first-order valence-corrected chi connectivity index (χ1v) is 4.58. The van der Waals surface area contributed by atoms with Gasteiger partial charge in [0.05, 0.1) is 6.61 Å². The number of aliphatic hydroxyl groups is 2. The van der Waals surface area contributed by atoms with E-state index in [4.69, 9.17) is 15.4 Å². The first-order valence-electron chi connectivity index (χ1n) is 4.58. The molecule has 6 N–H and O–H groups in total. The molecule has 0 aromatic carbocycles. The van der Waals surface area contributed by atoms with Gasteiger partial charge in [0.25, 0.3) is 0 Å². The minimum absolute atomic E-state index is 0.336. The molecular formula is C10H19FN2O3. The van der Waals surface area contributed by atoms with Crippen LogP contribution in [0, 0.1) is 0 Å². The van der Waals surface area contributed by atoms with E-state index in [1.807, 2.05) is 0 Å². The zero-order valence-corrected chi connectivity index (χ0v) is 8.96. The normalized spacial score (nSPS) is 14.6. The second-order valence-corrected chi connectivity index (χ2v) is 2.60. The molecule has 2 unspecified atom stereocenters. The van der Waals surface area contributed by atoms with Gasteiger partial charge in [-0.3, -0.25) is 5.32 Å². The summed E-state index contributed by atoms with van der Waals surface area (Å²) in [6.45, 7) is 3.14. The molecule has 94 valence electrons. The van der Waals surface area contributed by atoms with Crippen molar-refractivity contribution < 1.29 is 19.8 Å². The molecule has 6 heteroatoms. The molecule has 5 nitrogen and oxygen atoms in total. The van der Waals surface area contributed by atoms with Crippen molar-refractivity contribution >= 4 is 0 Å². The van der Waals surface area contributed by atoms with Crippen LogP contribution in [-0.2, 0) is 0 Å². The predicted molar refractivity (Wildman–Crippen MR) is 60.4 cm³/mol. The second-order valence-electron chi connectivity index (χ2n) is 2.60. The maximum absolute atomic E-state index is 12.5. The molecule has 2 atom stereocenters. The van der Waals surface area contributed by atoms with Crippen LogP contribution in [-0.4, -0.2) is 41.0 Å². The fraction of sp³-hybridized carbons (Fsp3) is 0.400. The quantitative estimate of drug-likeness (QED) is 0.240. The molecule has 0 heterocycles. The van der Waals surface area contributed by atoms with E-state index >= 15 is 0 Å². The van der Waals surface area contributed by atoms with Gasteiger partial charge < -0.3 is 15.4 Å². The van der Waals surface area contributed by atoms with Crippen LogP contribution in [0.2, 0.25) is 0 Å². The van der Waals surface area contributed by atoms with E-state index < -0.39 is 19.0 Å². The lowest BCUT2D eigenvalue weighted by Crippen LogP contribution is -2.39. The van der Waals surface area contributed by atoms with Crippen molar-refractivity contribution in [1.82, 2.24) is 5.32 Å². The van der Waals surface area contributed by atoms with Gasteiger partial charge in [-0.2, -0.15) is 0 Å². The highest BCUT2D eigenvalue weighted by Crippen LogP contribution is 1.93. The number of aliphatic hydroxyl groups excluding tert-OH is 2. The van der Waals surface area contributed by atoms with Crippen LogP contribution in [0.25, 0.3) is 0 Å². The van der Waals surface area contributed by atoms with Gasteiger partial charge in [0.15, 0.2) is 6.17 Å². The van der Waals surface area contributed by atoms with E-state index in [2.05, 4.69) is 17.8 Å². The molecule has 0 rings (SSSR count). The topological polar surface area (TPSA) is 98.7 Å². The molecule has 16 heavy (non-hydrogen) atoms. The fourth-order valence-corrected chi connectivity index (χ4v) is 0.706. The number of hydrogen-bond acceptors (Lipinski definition) is 5. The number of hydrogen-bond donors (Lipinski definition) is 5. The standard InChI is InChI=1S/C10H16FNO2.H3NO/c1-2-3-4-5-6-7-12-10(14)9(11)8-13;1-2/h2-6,9-10,12-14H,1,7-8H2;2H,1H2/b4-3-,6-5+;. The van der Waals surface area contributed by atoms with E-state index in [9.17, 15) is 4.39 Å². The van der Waals surface area contributed by atoms with Crippen LogP contribution < -0.4 is 11.2 Å². The van der Waals surface area contributed by atoms with Gasteiger partial charge in [0.1, 0.15) is 6.23 Å². The van der Waals surface area contributed by atoms with Crippen LogP contribution >= 0.6 is 0 Å². The lowest BCUT2D eigenvalue weighted by molar-refractivity contribution is 0.0209. The highest BCUT2D eigenvalue weighted by molar-refractivity contribution is 5.09. The third-order valence-corrected chi connectivity index (χ3v) is 1.46. The van der Waals surface area contributed by atoms with Crippen molar-refractivity contribution in [2.24, 2.45) is 5.90 Å². The summed E-state index contributed by atoms with van der Waals surface area (Å²) in [6.07, 6.45) is 5.63. The van der Waals surface area contributed by atoms with Gasteiger partial charge in [-0.15, -0.1) is 0 Å². The average Bonchev–Trinajstić information content (AvgIpc) is 2.34. The Morgan fingerprint density at radius 1 is 1.31 bits per heavy atom. The number of nitrogens with two attached hydrogens (primary N) is 1. The van der Waals surface area contributed by atoms with Gasteiger partial charge in [0, 0.05) is 6.54 Å². The summed E-state index contributed by atoms with van der Waals surface area (Å²) >= 11 is 0. The van der Waals surface area contributed by atoms with E-state index in [1.165, 1.54) is 0 Å². The Morgan fingerprint density at radius 2 is 1.94 bits per heavy atom. The van der Waals surface area contributed by atoms with E-state index in [0.29, 0.717) is 6.54 Å². The first-order chi connectivity index (χ1) is 7.72. The van der Waals surface area contributed by atoms with E-state index in [-0.39, 0.29) is 0 Å². The molecular weight excluding hydrogens is 215 g/mol. The lowest BCUT2D eigenvalue weighted by atomic mass is 10.3. The fourth-order valence-electron chi connectivity index (χ4n) is 0.706. The minimum atomic E-state index is -1.65. The Labute approximate surface area is 94.4 Å². The number of allylic oxidation sites excluding steroid dienone is 4. The first kappa shape index (κ1) is 17.3. The summed E-state index contributed by atoms with van der Waals surface area (Å²) < 4.78 is 12.5. The summed E-state index contributed by atoms with van der Waals surface area (Å²) in [5.41, 5.74) is 0. The van der Waals surface area contributed by atoms with Gasteiger partial charge in [-0.25, -0.2) is 10.3 Å². The van der Waals surface area contributed by atoms with E-state index in [0.717, 1.165) is 0 Å². The van der Waals surface area contributed by atoms with Gasteiger partial charge in [-0.05, 0) is 0 Å². The molecule has 0 radical (unpaired) electrons. The number of rotatable bonds is 7. The van der Waals surface area contributed by atoms with Crippen molar-refractivity contribution in [2.75, 3.05) is 13.2 Å². The van der Waals surface area contributed by atoms with Crippen LogP contribution in [0.15, 0.2) is 37.0 Å². The highest BCUT2D eigenvalue weighted by Gasteiger charge is 2.14. The van der Waals surface area contributed by atoms with Crippen molar-refractivity contribution in [1.29, 1.82) is 0 Å². The number of halogens is 1. The van der Waals surface area contributed by atoms with E-state index in [1.54, 1.807) is 30.4 Å². The molecule has 0 amide bonds. The molecule has 0 saturated carbocycles. The monoisotopic (exact) mass is 234 g/mol. The van der Waals surface area contributed by atoms with Crippen LogP contribution in [0.4, 0.5) is 4.39 Å². The summed E-state index contributed by atoms with van der Waals surface area (Å²) in [5.74, 6) is 3.50. The smallest absolute Gasteiger partial charge is 0.162 e. The van der Waals surface area contributed by atoms with Gasteiger partial charge >= 0.3 is 0 Å². The maximum atomic E-state index is 12.5. The Kier molecular flexibility index (Phi) is 15.1. The van der Waals surface area contributed by atoms with Crippen LogP contribution in [0.5, 0.6) is 0 Å². The number of alkyl halides is 1. The Morgan fingerprint density at radius 3 is 2.44 bits per heavy atom. The largest absolute Gasteiger partial charge is 0.393 e. The summed E-state index contributed by atoms with van der Waals surface area (Å²) in [7, 11) is 0. The van der Waals surface area contributed by atoms with Crippen molar-refractivity contribution in [3.63, 3.8) is 0 Å². The molecule has 0 aliphatic heterocycles. The molecule has 0 spiro atoms. The zero-order chi connectivity index (χ0) is 12.8. The van der Waals surface area contributed by atoms with Gasteiger partial charge in [-0.1, -0.05) is 37.0 Å². The maximum Gasteiger partial charge on any atom is 0.162 e. The molecule has 0 aromatic rings. The van der Waals surface area contributed by atoms with Crippen molar-refractivity contribution in [3.05, 3.63) is 37.0 Å². The van der Waals surface area contributed by atoms with Gasteiger partial charge in [0.2, 0.25) is 0 Å². The Balaban J connectivity index is 0. The average molecular weight is 234 g/mol. The SMILES string of the molecule is C=C/C=C\C=C\CNC(O)C(F)CO.NO. The molecule has 0 fully saturated rings.